The summed E-state index contributed by atoms with van der Waals surface area (Å²) in [5.41, 5.74) is 0.474. The Morgan fingerprint density at radius 2 is 2.32 bits per heavy atom. The average molecular weight is 276 g/mol. The first-order valence-electron chi connectivity index (χ1n) is 6.97. The van der Waals surface area contributed by atoms with E-state index in [4.69, 9.17) is 0 Å². The molecule has 4 heteroatoms. The summed E-state index contributed by atoms with van der Waals surface area (Å²) in [7, 11) is 0. The Hall–Kier alpha value is -1.13. The van der Waals surface area contributed by atoms with Gasteiger partial charge in [0, 0.05) is 11.9 Å². The third kappa shape index (κ3) is 2.74. The number of anilines is 1. The molecule has 1 heterocycles. The summed E-state index contributed by atoms with van der Waals surface area (Å²) < 4.78 is 4.42. The molecule has 0 radical (unpaired) electrons. The van der Waals surface area contributed by atoms with E-state index in [1.807, 2.05) is 18.2 Å². The Morgan fingerprint density at radius 1 is 1.47 bits per heavy atom. The van der Waals surface area contributed by atoms with Crippen LogP contribution in [0.1, 0.15) is 32.6 Å². The van der Waals surface area contributed by atoms with Crippen LogP contribution in [-0.4, -0.2) is 21.6 Å². The summed E-state index contributed by atoms with van der Waals surface area (Å²) in [5, 5.41) is 16.3. The predicted octanol–water partition coefficient (Wildman–Crippen LogP) is 3.65. The molecular weight excluding hydrogens is 256 g/mol. The lowest BCUT2D eigenvalue weighted by molar-refractivity contribution is -0.000684. The van der Waals surface area contributed by atoms with Crippen molar-refractivity contribution in [1.29, 1.82) is 0 Å². The Bertz CT molecular complexity index is 568. The van der Waals surface area contributed by atoms with Gasteiger partial charge < -0.3 is 10.4 Å². The monoisotopic (exact) mass is 276 g/mol. The van der Waals surface area contributed by atoms with E-state index in [-0.39, 0.29) is 0 Å². The summed E-state index contributed by atoms with van der Waals surface area (Å²) in [4.78, 5) is 0. The first-order valence-corrected chi connectivity index (χ1v) is 7.74. The van der Waals surface area contributed by atoms with Crippen molar-refractivity contribution in [2.24, 2.45) is 5.92 Å². The van der Waals surface area contributed by atoms with E-state index in [1.165, 1.54) is 18.0 Å². The number of fused-ring (bicyclic) bond motifs is 1. The SMILES string of the molecule is CC1CCCC(O)(CNc2snc3ccccc23)C1. The topological polar surface area (TPSA) is 45.1 Å². The first-order chi connectivity index (χ1) is 9.16. The highest BCUT2D eigenvalue weighted by atomic mass is 32.1. The standard InChI is InChI=1S/C15H20N2OS/c1-11-5-4-8-15(18,9-11)10-16-14-12-6-2-3-7-13(12)17-19-14/h2-3,6-7,11,16,18H,4-5,8-10H2,1H3. The van der Waals surface area contributed by atoms with Gasteiger partial charge in [-0.15, -0.1) is 0 Å². The third-order valence-corrected chi connectivity index (χ3v) is 4.86. The molecule has 0 spiro atoms. The normalized spacial score (nSPS) is 27.6. The fraction of sp³-hybridized carbons (Fsp3) is 0.533. The third-order valence-electron chi connectivity index (χ3n) is 4.03. The van der Waals surface area contributed by atoms with Crippen LogP contribution in [0.5, 0.6) is 0 Å². The van der Waals surface area contributed by atoms with Gasteiger partial charge in [0.05, 0.1) is 11.1 Å². The van der Waals surface area contributed by atoms with E-state index in [1.54, 1.807) is 0 Å². The molecule has 1 aromatic carbocycles. The van der Waals surface area contributed by atoms with Gasteiger partial charge in [-0.25, -0.2) is 0 Å². The Morgan fingerprint density at radius 3 is 3.16 bits per heavy atom. The molecule has 1 aromatic heterocycles. The molecule has 0 amide bonds. The molecule has 1 fully saturated rings. The molecule has 2 unspecified atom stereocenters. The Kier molecular flexibility index (Phi) is 3.46. The van der Waals surface area contributed by atoms with Gasteiger partial charge in [0.15, 0.2) is 0 Å². The van der Waals surface area contributed by atoms with Crippen LogP contribution in [-0.2, 0) is 0 Å². The number of rotatable bonds is 3. The number of hydrogen-bond donors (Lipinski definition) is 2. The Balaban J connectivity index is 1.72. The molecule has 3 nitrogen and oxygen atoms in total. The van der Waals surface area contributed by atoms with Crippen LogP contribution in [0.25, 0.3) is 10.9 Å². The fourth-order valence-corrected chi connectivity index (χ4v) is 3.81. The minimum atomic E-state index is -0.553. The highest BCUT2D eigenvalue weighted by Gasteiger charge is 2.32. The average Bonchev–Trinajstić information content (AvgIpc) is 2.79. The molecule has 102 valence electrons. The van der Waals surface area contributed by atoms with E-state index >= 15 is 0 Å². The van der Waals surface area contributed by atoms with E-state index in [0.717, 1.165) is 35.2 Å². The van der Waals surface area contributed by atoms with Gasteiger partial charge in [-0.1, -0.05) is 31.9 Å². The fourth-order valence-electron chi connectivity index (χ4n) is 3.05. The zero-order chi connectivity index (χ0) is 13.3. The van der Waals surface area contributed by atoms with Gasteiger partial charge in [-0.05, 0) is 42.4 Å². The number of nitrogens with one attached hydrogen (secondary N) is 1. The van der Waals surface area contributed by atoms with Crippen LogP contribution >= 0.6 is 11.5 Å². The first kappa shape index (κ1) is 12.9. The van der Waals surface area contributed by atoms with Crippen LogP contribution in [0.3, 0.4) is 0 Å². The number of nitrogens with zero attached hydrogens (tertiary/aromatic N) is 1. The van der Waals surface area contributed by atoms with Crippen LogP contribution in [0.2, 0.25) is 0 Å². The lowest BCUT2D eigenvalue weighted by Crippen LogP contribution is -2.41. The van der Waals surface area contributed by atoms with E-state index in [9.17, 15) is 5.11 Å². The van der Waals surface area contributed by atoms with Gasteiger partial charge in [0.1, 0.15) is 5.00 Å². The molecule has 0 saturated heterocycles. The van der Waals surface area contributed by atoms with Crippen LogP contribution in [0.4, 0.5) is 5.00 Å². The molecule has 2 N–H and O–H groups in total. The van der Waals surface area contributed by atoms with Crippen LogP contribution < -0.4 is 5.32 Å². The maximum absolute atomic E-state index is 10.6. The molecule has 0 bridgehead atoms. The van der Waals surface area contributed by atoms with Crippen LogP contribution in [0.15, 0.2) is 24.3 Å². The zero-order valence-corrected chi connectivity index (χ0v) is 12.0. The van der Waals surface area contributed by atoms with Crippen molar-refractivity contribution in [2.45, 2.75) is 38.2 Å². The van der Waals surface area contributed by atoms with E-state index < -0.39 is 5.60 Å². The summed E-state index contributed by atoms with van der Waals surface area (Å²) in [5.74, 6) is 0.624. The molecule has 1 aliphatic carbocycles. The second kappa shape index (κ2) is 5.10. The van der Waals surface area contributed by atoms with Gasteiger partial charge in [-0.2, -0.15) is 4.37 Å². The van der Waals surface area contributed by atoms with Crippen molar-refractivity contribution in [3.8, 4) is 0 Å². The lowest BCUT2D eigenvalue weighted by atomic mass is 9.79. The van der Waals surface area contributed by atoms with Crippen molar-refractivity contribution in [1.82, 2.24) is 4.37 Å². The molecule has 3 rings (SSSR count). The smallest absolute Gasteiger partial charge is 0.117 e. The highest BCUT2D eigenvalue weighted by Crippen LogP contribution is 2.34. The molecule has 2 aromatic rings. The summed E-state index contributed by atoms with van der Waals surface area (Å²) in [6.07, 6.45) is 4.17. The van der Waals surface area contributed by atoms with Crippen molar-refractivity contribution in [3.05, 3.63) is 24.3 Å². The molecule has 1 aliphatic rings. The van der Waals surface area contributed by atoms with Crippen molar-refractivity contribution >= 4 is 27.4 Å². The predicted molar refractivity (Wildman–Crippen MR) is 80.7 cm³/mol. The molecular formula is C15H20N2OS. The number of aliphatic hydroxyl groups is 1. The van der Waals surface area contributed by atoms with Gasteiger partial charge in [0.2, 0.25) is 0 Å². The van der Waals surface area contributed by atoms with Crippen molar-refractivity contribution in [2.75, 3.05) is 11.9 Å². The van der Waals surface area contributed by atoms with Crippen molar-refractivity contribution < 1.29 is 5.11 Å². The summed E-state index contributed by atoms with van der Waals surface area (Å²) in [6, 6.07) is 8.13. The lowest BCUT2D eigenvalue weighted by Gasteiger charge is -2.35. The summed E-state index contributed by atoms with van der Waals surface area (Å²) >= 11 is 1.48. The second-order valence-corrected chi connectivity index (χ2v) is 6.58. The van der Waals surface area contributed by atoms with Crippen molar-refractivity contribution in [3.63, 3.8) is 0 Å². The van der Waals surface area contributed by atoms with Crippen LogP contribution in [0, 0.1) is 5.92 Å². The highest BCUT2D eigenvalue weighted by molar-refractivity contribution is 7.11. The Labute approximate surface area is 117 Å². The zero-order valence-electron chi connectivity index (χ0n) is 11.2. The van der Waals surface area contributed by atoms with E-state index in [2.05, 4.69) is 22.7 Å². The van der Waals surface area contributed by atoms with Gasteiger partial charge in [0.25, 0.3) is 0 Å². The minimum absolute atomic E-state index is 0.553. The number of benzene rings is 1. The molecule has 0 aliphatic heterocycles. The number of aromatic nitrogens is 1. The second-order valence-electron chi connectivity index (χ2n) is 5.81. The molecule has 2 atom stereocenters. The maximum atomic E-state index is 10.6. The number of hydrogen-bond acceptors (Lipinski definition) is 4. The van der Waals surface area contributed by atoms with Gasteiger partial charge in [-0.3, -0.25) is 0 Å². The minimum Gasteiger partial charge on any atom is -0.388 e. The summed E-state index contributed by atoms with van der Waals surface area (Å²) in [6.45, 7) is 2.86. The largest absolute Gasteiger partial charge is 0.388 e. The molecule has 19 heavy (non-hydrogen) atoms. The molecule has 1 saturated carbocycles. The quantitative estimate of drug-likeness (QED) is 0.899. The van der Waals surface area contributed by atoms with E-state index in [0.29, 0.717) is 12.5 Å². The van der Waals surface area contributed by atoms with Gasteiger partial charge >= 0.3 is 0 Å². The maximum Gasteiger partial charge on any atom is 0.117 e.